The first-order valence-electron chi connectivity index (χ1n) is 7.83. The van der Waals surface area contributed by atoms with Gasteiger partial charge in [-0.05, 0) is 53.4 Å². The first-order chi connectivity index (χ1) is 8.99. The summed E-state index contributed by atoms with van der Waals surface area (Å²) in [6.07, 6.45) is 4.74. The second-order valence-electron chi connectivity index (χ2n) is 6.30. The van der Waals surface area contributed by atoms with Crippen molar-refractivity contribution in [2.24, 2.45) is 0 Å². The van der Waals surface area contributed by atoms with Crippen LogP contribution in [-0.4, -0.2) is 0 Å². The summed E-state index contributed by atoms with van der Waals surface area (Å²) in [5.41, 5.74) is 6.38. The predicted molar refractivity (Wildman–Crippen MR) is 85.7 cm³/mol. The largest absolute Gasteiger partial charge is 0.0943 e. The fourth-order valence-electron chi connectivity index (χ4n) is 3.66. The van der Waals surface area contributed by atoms with E-state index in [0.29, 0.717) is 5.41 Å². The first-order valence-corrected chi connectivity index (χ1v) is 7.83. The second-order valence-corrected chi connectivity index (χ2v) is 6.30. The topological polar surface area (TPSA) is 0 Å². The lowest BCUT2D eigenvalue weighted by atomic mass is 9.57. The van der Waals surface area contributed by atoms with Gasteiger partial charge in [0.2, 0.25) is 0 Å². The van der Waals surface area contributed by atoms with Crippen molar-refractivity contribution in [1.29, 1.82) is 0 Å². The van der Waals surface area contributed by atoms with E-state index in [1.165, 1.54) is 47.9 Å². The molecule has 0 aliphatic heterocycles. The first kappa shape index (κ1) is 14.4. The molecular weight excluding hydrogens is 228 g/mol. The van der Waals surface area contributed by atoms with E-state index in [0.717, 1.165) is 0 Å². The molecular formula is C19H28. The van der Waals surface area contributed by atoms with Crippen LogP contribution in [0.4, 0.5) is 0 Å². The summed E-state index contributed by atoms with van der Waals surface area (Å²) in [7, 11) is 0. The molecule has 0 aromatic heterocycles. The second kappa shape index (κ2) is 4.81. The summed E-state index contributed by atoms with van der Waals surface area (Å²) in [4.78, 5) is 0. The average Bonchev–Trinajstić information content (AvgIpc) is 2.47. The molecule has 0 N–H and O–H groups in total. The molecule has 1 aromatic carbocycles. The normalized spacial score (nSPS) is 17.0. The summed E-state index contributed by atoms with van der Waals surface area (Å²) in [6, 6.07) is 7.14. The van der Waals surface area contributed by atoms with Gasteiger partial charge in [-0.25, -0.2) is 0 Å². The summed E-state index contributed by atoms with van der Waals surface area (Å²) >= 11 is 0. The van der Waals surface area contributed by atoms with Crippen molar-refractivity contribution in [3.05, 3.63) is 41.5 Å². The van der Waals surface area contributed by atoms with Gasteiger partial charge < -0.3 is 0 Å². The maximum atomic E-state index is 4.37. The number of allylic oxidation sites excluding steroid dienone is 1. The van der Waals surface area contributed by atoms with Gasteiger partial charge in [0.05, 0.1) is 0 Å². The van der Waals surface area contributed by atoms with Crippen molar-refractivity contribution in [2.75, 3.05) is 0 Å². The molecule has 0 bridgehead atoms. The van der Waals surface area contributed by atoms with Gasteiger partial charge >= 0.3 is 0 Å². The number of fused-ring (bicyclic) bond motifs is 1. The quantitative estimate of drug-likeness (QED) is 0.620. The van der Waals surface area contributed by atoms with Gasteiger partial charge in [-0.2, -0.15) is 0 Å². The number of hydrogen-bond acceptors (Lipinski definition) is 0. The van der Waals surface area contributed by atoms with Crippen molar-refractivity contribution >= 4 is 5.57 Å². The van der Waals surface area contributed by atoms with E-state index in [1.54, 1.807) is 0 Å². The molecule has 1 aromatic rings. The zero-order valence-electron chi connectivity index (χ0n) is 13.3. The van der Waals surface area contributed by atoms with Gasteiger partial charge in [-0.1, -0.05) is 59.4 Å². The molecule has 19 heavy (non-hydrogen) atoms. The lowest BCUT2D eigenvalue weighted by molar-refractivity contribution is 0.435. The molecule has 0 saturated heterocycles. The van der Waals surface area contributed by atoms with Crippen LogP contribution in [0.1, 0.15) is 77.0 Å². The predicted octanol–water partition coefficient (Wildman–Crippen LogP) is 5.85. The molecule has 0 saturated carbocycles. The van der Waals surface area contributed by atoms with Crippen molar-refractivity contribution in [3.63, 3.8) is 0 Å². The molecule has 0 amide bonds. The van der Waals surface area contributed by atoms with E-state index in [9.17, 15) is 0 Å². The van der Waals surface area contributed by atoms with Crippen molar-refractivity contribution in [3.8, 4) is 0 Å². The minimum atomic E-state index is 0.267. The fraction of sp³-hybridized carbons (Fsp3) is 0.579. The monoisotopic (exact) mass is 256 g/mol. The van der Waals surface area contributed by atoms with Crippen LogP contribution in [0.3, 0.4) is 0 Å². The van der Waals surface area contributed by atoms with Crippen LogP contribution in [0, 0.1) is 0 Å². The third-order valence-electron chi connectivity index (χ3n) is 5.90. The number of rotatable bonds is 5. The van der Waals surface area contributed by atoms with E-state index < -0.39 is 0 Å². The Morgan fingerprint density at radius 3 is 2.11 bits per heavy atom. The molecule has 0 heterocycles. The lowest BCUT2D eigenvalue weighted by Gasteiger charge is -2.46. The smallest absolute Gasteiger partial charge is 0.0203 e. The highest BCUT2D eigenvalue weighted by Crippen LogP contribution is 2.55. The Bertz CT molecular complexity index is 485. The Labute approximate surface area is 118 Å². The fourth-order valence-corrected chi connectivity index (χ4v) is 3.66. The van der Waals surface area contributed by atoms with Gasteiger partial charge in [0.25, 0.3) is 0 Å². The van der Waals surface area contributed by atoms with Gasteiger partial charge in [-0.15, -0.1) is 0 Å². The third kappa shape index (κ3) is 1.80. The summed E-state index contributed by atoms with van der Waals surface area (Å²) < 4.78 is 0. The molecule has 1 aliphatic rings. The minimum Gasteiger partial charge on any atom is -0.0943 e. The van der Waals surface area contributed by atoms with Gasteiger partial charge in [0.1, 0.15) is 0 Å². The summed E-state index contributed by atoms with van der Waals surface area (Å²) in [5, 5.41) is 0. The third-order valence-corrected chi connectivity index (χ3v) is 5.90. The van der Waals surface area contributed by atoms with Crippen LogP contribution < -0.4 is 0 Å². The standard InChI is InChI=1S/C19H28/c1-7-18(6,8-2)15-11-12-17-16(13-15)14(5)19(17,9-3)10-4/h11-13H,5,7-10H2,1-4,6H3. The van der Waals surface area contributed by atoms with E-state index >= 15 is 0 Å². The number of benzene rings is 1. The Balaban J connectivity index is 2.47. The Kier molecular flexibility index (Phi) is 3.64. The summed E-state index contributed by atoms with van der Waals surface area (Å²) in [6.45, 7) is 15.9. The molecule has 104 valence electrons. The highest BCUT2D eigenvalue weighted by atomic mass is 14.5. The van der Waals surface area contributed by atoms with E-state index in [1.807, 2.05) is 0 Å². The van der Waals surface area contributed by atoms with Crippen LogP contribution in [0.5, 0.6) is 0 Å². The lowest BCUT2D eigenvalue weighted by Crippen LogP contribution is -2.36. The van der Waals surface area contributed by atoms with Gasteiger partial charge in [0, 0.05) is 5.41 Å². The molecule has 0 atom stereocenters. The van der Waals surface area contributed by atoms with E-state index in [4.69, 9.17) is 0 Å². The Morgan fingerprint density at radius 1 is 1.05 bits per heavy atom. The van der Waals surface area contributed by atoms with Crippen molar-refractivity contribution in [1.82, 2.24) is 0 Å². The van der Waals surface area contributed by atoms with Crippen LogP contribution in [-0.2, 0) is 10.8 Å². The highest BCUT2D eigenvalue weighted by molar-refractivity contribution is 5.87. The van der Waals surface area contributed by atoms with Gasteiger partial charge in [0.15, 0.2) is 0 Å². The SMILES string of the molecule is C=C1c2cc(C(C)(CC)CC)ccc2C1(CC)CC. The van der Waals surface area contributed by atoms with Crippen LogP contribution in [0.25, 0.3) is 5.57 Å². The zero-order chi connectivity index (χ0) is 14.3. The molecule has 2 rings (SSSR count). The van der Waals surface area contributed by atoms with E-state index in [2.05, 4.69) is 59.4 Å². The molecule has 0 nitrogen and oxygen atoms in total. The van der Waals surface area contributed by atoms with Crippen LogP contribution >= 0.6 is 0 Å². The number of hydrogen-bond donors (Lipinski definition) is 0. The van der Waals surface area contributed by atoms with E-state index in [-0.39, 0.29) is 5.41 Å². The average molecular weight is 256 g/mol. The summed E-state index contributed by atoms with van der Waals surface area (Å²) in [5.74, 6) is 0. The molecule has 0 unspecified atom stereocenters. The van der Waals surface area contributed by atoms with Gasteiger partial charge in [-0.3, -0.25) is 0 Å². The van der Waals surface area contributed by atoms with Crippen molar-refractivity contribution in [2.45, 2.75) is 71.1 Å². The molecule has 0 radical (unpaired) electrons. The maximum Gasteiger partial charge on any atom is 0.0203 e. The molecule has 0 fully saturated rings. The molecule has 1 aliphatic carbocycles. The highest BCUT2D eigenvalue weighted by Gasteiger charge is 2.43. The van der Waals surface area contributed by atoms with Crippen LogP contribution in [0.15, 0.2) is 24.8 Å². The molecule has 0 spiro atoms. The zero-order valence-corrected chi connectivity index (χ0v) is 13.3. The van der Waals surface area contributed by atoms with Crippen molar-refractivity contribution < 1.29 is 0 Å². The Hall–Kier alpha value is -1.04. The molecule has 0 heteroatoms. The van der Waals surface area contributed by atoms with Crippen LogP contribution in [0.2, 0.25) is 0 Å². The Morgan fingerprint density at radius 2 is 1.63 bits per heavy atom. The minimum absolute atomic E-state index is 0.267. The maximum absolute atomic E-state index is 4.37.